The Morgan fingerprint density at radius 2 is 1.61 bits per heavy atom. The maximum atomic E-state index is 9.77. The van der Waals surface area contributed by atoms with Crippen molar-refractivity contribution < 1.29 is 5.11 Å². The molecule has 1 atom stereocenters. The maximum absolute atomic E-state index is 9.77. The monoisotopic (exact) mass is 237 g/mol. The molecule has 1 heterocycles. The van der Waals surface area contributed by atoms with Gasteiger partial charge >= 0.3 is 0 Å². The van der Waals surface area contributed by atoms with Crippen LogP contribution in [0.1, 0.15) is 11.3 Å². The quantitative estimate of drug-likeness (QED) is 0.886. The lowest BCUT2D eigenvalue weighted by Crippen LogP contribution is -1.95. The summed E-state index contributed by atoms with van der Waals surface area (Å²) in [5, 5.41) is 9.77. The predicted octanol–water partition coefficient (Wildman–Crippen LogP) is 3.17. The van der Waals surface area contributed by atoms with Gasteiger partial charge in [-0.3, -0.25) is 4.98 Å². The summed E-state index contributed by atoms with van der Waals surface area (Å²) in [6, 6.07) is 15.6. The summed E-state index contributed by atoms with van der Waals surface area (Å²) >= 11 is 0. The Morgan fingerprint density at radius 1 is 0.889 bits per heavy atom. The third-order valence-electron chi connectivity index (χ3n) is 2.44. The summed E-state index contributed by atoms with van der Waals surface area (Å²) < 4.78 is 0. The molecular weight excluding hydrogens is 222 g/mol. The van der Waals surface area contributed by atoms with E-state index in [0.717, 1.165) is 11.3 Å². The number of aromatic nitrogens is 1. The first-order valence-corrected chi connectivity index (χ1v) is 5.85. The van der Waals surface area contributed by atoms with E-state index in [1.54, 1.807) is 24.4 Å². The van der Waals surface area contributed by atoms with E-state index in [1.807, 2.05) is 54.6 Å². The Kier molecular flexibility index (Phi) is 4.45. The summed E-state index contributed by atoms with van der Waals surface area (Å²) in [5.41, 5.74) is 1.91. The molecular formula is C16H15NO. The molecule has 2 rings (SSSR count). The fraction of sp³-hybridized carbons (Fsp3) is 0.0625. The number of rotatable bonds is 4. The van der Waals surface area contributed by atoms with Crippen LogP contribution in [0, 0.1) is 0 Å². The molecule has 0 radical (unpaired) electrons. The first-order valence-electron chi connectivity index (χ1n) is 5.85. The van der Waals surface area contributed by atoms with E-state index in [1.165, 1.54) is 0 Å². The van der Waals surface area contributed by atoms with Crippen molar-refractivity contribution >= 4 is 12.2 Å². The molecule has 0 fully saturated rings. The highest BCUT2D eigenvalue weighted by molar-refractivity contribution is 5.51. The molecule has 1 unspecified atom stereocenters. The van der Waals surface area contributed by atoms with Gasteiger partial charge in [-0.05, 0) is 23.8 Å². The zero-order valence-electron chi connectivity index (χ0n) is 9.98. The second-order valence-corrected chi connectivity index (χ2v) is 3.87. The number of hydrogen-bond donors (Lipinski definition) is 1. The maximum Gasteiger partial charge on any atom is 0.0909 e. The average molecular weight is 237 g/mol. The molecule has 0 bridgehead atoms. The largest absolute Gasteiger partial charge is 0.385 e. The molecule has 90 valence electrons. The van der Waals surface area contributed by atoms with Crippen LogP contribution in [-0.2, 0) is 0 Å². The minimum Gasteiger partial charge on any atom is -0.385 e. The Morgan fingerprint density at radius 3 is 2.33 bits per heavy atom. The minimum absolute atomic E-state index is 0.604. The van der Waals surface area contributed by atoms with Crippen molar-refractivity contribution in [1.82, 2.24) is 4.98 Å². The topological polar surface area (TPSA) is 33.1 Å². The average Bonchev–Trinajstić information content (AvgIpc) is 2.45. The van der Waals surface area contributed by atoms with Crippen LogP contribution in [0.3, 0.4) is 0 Å². The number of hydrogen-bond acceptors (Lipinski definition) is 2. The highest BCUT2D eigenvalue weighted by atomic mass is 16.3. The van der Waals surface area contributed by atoms with E-state index in [2.05, 4.69) is 4.98 Å². The number of aliphatic hydroxyl groups excluding tert-OH is 1. The van der Waals surface area contributed by atoms with Crippen LogP contribution in [0.15, 0.2) is 66.9 Å². The normalized spacial score (nSPS) is 13.2. The summed E-state index contributed by atoms with van der Waals surface area (Å²) in [5.74, 6) is 0. The predicted molar refractivity (Wildman–Crippen MR) is 74.8 cm³/mol. The molecule has 0 aliphatic heterocycles. The van der Waals surface area contributed by atoms with Crippen LogP contribution in [0.2, 0.25) is 0 Å². The van der Waals surface area contributed by atoms with E-state index in [9.17, 15) is 5.11 Å². The second kappa shape index (κ2) is 6.52. The van der Waals surface area contributed by atoms with Crippen molar-refractivity contribution in [2.45, 2.75) is 6.10 Å². The zero-order valence-corrected chi connectivity index (χ0v) is 9.98. The summed E-state index contributed by atoms with van der Waals surface area (Å²) in [7, 11) is 0. The van der Waals surface area contributed by atoms with E-state index in [4.69, 9.17) is 0 Å². The standard InChI is InChI=1S/C16H15NO/c18-16(11-9-14-6-2-1-3-7-14)12-10-15-8-4-5-13-17-15/h1-13,16,18H/b11-9+,12-10+. The molecule has 2 nitrogen and oxygen atoms in total. The number of nitrogens with zero attached hydrogens (tertiary/aromatic N) is 1. The molecule has 0 aliphatic rings. The zero-order chi connectivity index (χ0) is 12.6. The fourth-order valence-corrected chi connectivity index (χ4v) is 1.51. The molecule has 2 aromatic rings. The summed E-state index contributed by atoms with van der Waals surface area (Å²) in [4.78, 5) is 4.15. The molecule has 1 N–H and O–H groups in total. The molecule has 0 amide bonds. The fourth-order valence-electron chi connectivity index (χ4n) is 1.51. The summed E-state index contributed by atoms with van der Waals surface area (Å²) in [6.07, 6.45) is 8.28. The van der Waals surface area contributed by atoms with Crippen LogP contribution in [0.25, 0.3) is 12.2 Å². The third-order valence-corrected chi connectivity index (χ3v) is 2.44. The SMILES string of the molecule is OC(/C=C/c1ccccc1)/C=C/c1ccccn1. The van der Waals surface area contributed by atoms with Gasteiger partial charge in [0.2, 0.25) is 0 Å². The molecule has 18 heavy (non-hydrogen) atoms. The van der Waals surface area contributed by atoms with Crippen molar-refractivity contribution in [3.63, 3.8) is 0 Å². The van der Waals surface area contributed by atoms with Crippen LogP contribution < -0.4 is 0 Å². The van der Waals surface area contributed by atoms with E-state index < -0.39 is 6.10 Å². The van der Waals surface area contributed by atoms with Gasteiger partial charge in [0.25, 0.3) is 0 Å². The van der Waals surface area contributed by atoms with Gasteiger partial charge in [0.15, 0.2) is 0 Å². The van der Waals surface area contributed by atoms with E-state index in [-0.39, 0.29) is 0 Å². The molecule has 1 aromatic heterocycles. The Balaban J connectivity index is 1.95. The van der Waals surface area contributed by atoms with Crippen molar-refractivity contribution in [3.8, 4) is 0 Å². The Hall–Kier alpha value is -2.19. The van der Waals surface area contributed by atoms with Crippen molar-refractivity contribution in [2.75, 3.05) is 0 Å². The third kappa shape index (κ3) is 4.00. The minimum atomic E-state index is -0.604. The Bertz CT molecular complexity index is 468. The molecule has 0 saturated carbocycles. The van der Waals surface area contributed by atoms with Gasteiger partial charge in [0.1, 0.15) is 0 Å². The van der Waals surface area contributed by atoms with Crippen LogP contribution >= 0.6 is 0 Å². The van der Waals surface area contributed by atoms with Gasteiger partial charge in [-0.2, -0.15) is 0 Å². The van der Waals surface area contributed by atoms with Crippen molar-refractivity contribution in [2.24, 2.45) is 0 Å². The lowest BCUT2D eigenvalue weighted by Gasteiger charge is -1.98. The molecule has 2 heteroatoms. The van der Waals surface area contributed by atoms with Crippen LogP contribution in [0.5, 0.6) is 0 Å². The number of pyridine rings is 1. The Labute approximate surface area is 107 Å². The number of benzene rings is 1. The van der Waals surface area contributed by atoms with Crippen LogP contribution in [0.4, 0.5) is 0 Å². The second-order valence-electron chi connectivity index (χ2n) is 3.87. The first kappa shape index (κ1) is 12.3. The lowest BCUT2D eigenvalue weighted by molar-refractivity contribution is 0.273. The van der Waals surface area contributed by atoms with Crippen LogP contribution in [-0.4, -0.2) is 16.2 Å². The van der Waals surface area contributed by atoms with E-state index >= 15 is 0 Å². The first-order chi connectivity index (χ1) is 8.84. The smallest absolute Gasteiger partial charge is 0.0909 e. The number of aliphatic hydroxyl groups is 1. The molecule has 0 aliphatic carbocycles. The summed E-state index contributed by atoms with van der Waals surface area (Å²) in [6.45, 7) is 0. The van der Waals surface area contributed by atoms with Gasteiger partial charge in [-0.1, -0.05) is 54.6 Å². The van der Waals surface area contributed by atoms with Gasteiger partial charge in [0, 0.05) is 6.20 Å². The van der Waals surface area contributed by atoms with Crippen molar-refractivity contribution in [3.05, 3.63) is 78.1 Å². The molecule has 1 aromatic carbocycles. The molecule has 0 spiro atoms. The molecule has 0 saturated heterocycles. The van der Waals surface area contributed by atoms with Gasteiger partial charge in [0.05, 0.1) is 11.8 Å². The lowest BCUT2D eigenvalue weighted by atomic mass is 10.2. The van der Waals surface area contributed by atoms with Crippen molar-refractivity contribution in [1.29, 1.82) is 0 Å². The van der Waals surface area contributed by atoms with Gasteiger partial charge in [-0.15, -0.1) is 0 Å². The highest BCUT2D eigenvalue weighted by Crippen LogP contribution is 2.04. The van der Waals surface area contributed by atoms with E-state index in [0.29, 0.717) is 0 Å². The van der Waals surface area contributed by atoms with Gasteiger partial charge < -0.3 is 5.11 Å². The van der Waals surface area contributed by atoms with Gasteiger partial charge in [-0.25, -0.2) is 0 Å². The highest BCUT2D eigenvalue weighted by Gasteiger charge is 1.92.